The van der Waals surface area contributed by atoms with Gasteiger partial charge in [0, 0.05) is 55.9 Å². The van der Waals surface area contributed by atoms with Gasteiger partial charge in [0.15, 0.2) is 0 Å². The normalized spacial score (nSPS) is 25.4. The van der Waals surface area contributed by atoms with E-state index >= 15 is 0 Å². The molecule has 2 atom stereocenters. The minimum Gasteiger partial charge on any atom is -0.379 e. The van der Waals surface area contributed by atoms with Crippen LogP contribution in [0.3, 0.4) is 0 Å². The fourth-order valence-corrected chi connectivity index (χ4v) is 3.83. The highest BCUT2D eigenvalue weighted by Crippen LogP contribution is 2.32. The maximum atomic E-state index is 14.6. The molecule has 1 aromatic carbocycles. The Balaban J connectivity index is 1.88. The molecule has 128 valence electrons. The molecule has 0 bridgehead atoms. The van der Waals surface area contributed by atoms with Crippen LogP contribution in [0.15, 0.2) is 18.2 Å². The number of benzene rings is 1. The molecule has 0 saturated carbocycles. The lowest BCUT2D eigenvalue weighted by atomic mass is 10.0. The van der Waals surface area contributed by atoms with Crippen molar-refractivity contribution in [2.45, 2.75) is 19.0 Å². The highest BCUT2D eigenvalue weighted by atomic mass is 35.5. The predicted molar refractivity (Wildman–Crippen MR) is 90.4 cm³/mol. The molecule has 2 heterocycles. The number of nitrogens with zero attached hydrogens (tertiary/aromatic N) is 2. The molecule has 2 saturated heterocycles. The van der Waals surface area contributed by atoms with Crippen LogP contribution in [-0.2, 0) is 4.74 Å². The Labute approximate surface area is 142 Å². The van der Waals surface area contributed by atoms with Crippen molar-refractivity contribution in [3.63, 3.8) is 0 Å². The number of ether oxygens (including phenoxy) is 1. The van der Waals surface area contributed by atoms with Crippen LogP contribution >= 0.6 is 11.6 Å². The summed E-state index contributed by atoms with van der Waals surface area (Å²) in [6, 6.07) is 5.30. The molecule has 2 aliphatic rings. The molecule has 4 nitrogen and oxygen atoms in total. The molecule has 2 aliphatic heterocycles. The van der Waals surface area contributed by atoms with Crippen LogP contribution in [-0.4, -0.2) is 68.3 Å². The van der Waals surface area contributed by atoms with Crippen LogP contribution in [0.4, 0.5) is 4.39 Å². The summed E-state index contributed by atoms with van der Waals surface area (Å²) in [4.78, 5) is 4.74. The first-order valence-corrected chi connectivity index (χ1v) is 8.75. The zero-order valence-electron chi connectivity index (χ0n) is 13.6. The molecule has 6 heteroatoms. The van der Waals surface area contributed by atoms with E-state index in [4.69, 9.17) is 16.3 Å². The van der Waals surface area contributed by atoms with Gasteiger partial charge in [-0.15, -0.1) is 0 Å². The molecule has 23 heavy (non-hydrogen) atoms. The lowest BCUT2D eigenvalue weighted by Crippen LogP contribution is -2.54. The number of hydrogen-bond acceptors (Lipinski definition) is 4. The van der Waals surface area contributed by atoms with Gasteiger partial charge in [0.25, 0.3) is 0 Å². The minimum absolute atomic E-state index is 0.0288. The minimum atomic E-state index is -0.207. The van der Waals surface area contributed by atoms with E-state index in [0.29, 0.717) is 16.6 Å². The molecular formula is C17H25ClFN3O. The first-order valence-electron chi connectivity index (χ1n) is 8.37. The van der Waals surface area contributed by atoms with Crippen LogP contribution in [0.25, 0.3) is 0 Å². The molecule has 0 amide bonds. The van der Waals surface area contributed by atoms with E-state index in [1.165, 1.54) is 6.07 Å². The summed E-state index contributed by atoms with van der Waals surface area (Å²) in [5.41, 5.74) is 0.634. The van der Waals surface area contributed by atoms with Gasteiger partial charge >= 0.3 is 0 Å². The topological polar surface area (TPSA) is 27.7 Å². The summed E-state index contributed by atoms with van der Waals surface area (Å²) in [7, 11) is 0. The van der Waals surface area contributed by atoms with Gasteiger partial charge in [-0.1, -0.05) is 17.7 Å². The van der Waals surface area contributed by atoms with Crippen LogP contribution in [0.2, 0.25) is 5.02 Å². The van der Waals surface area contributed by atoms with Crippen molar-refractivity contribution in [2.75, 3.05) is 52.5 Å². The Morgan fingerprint density at radius 2 is 2.13 bits per heavy atom. The van der Waals surface area contributed by atoms with Crippen LogP contribution in [0.1, 0.15) is 18.5 Å². The fourth-order valence-electron chi connectivity index (χ4n) is 3.54. The fraction of sp³-hybridized carbons (Fsp3) is 0.647. The number of morpholine rings is 1. The first kappa shape index (κ1) is 17.1. The van der Waals surface area contributed by atoms with E-state index in [0.717, 1.165) is 52.5 Å². The Hall–Kier alpha value is -0.720. The summed E-state index contributed by atoms with van der Waals surface area (Å²) in [6.07, 6.45) is 0. The molecule has 0 aliphatic carbocycles. The summed E-state index contributed by atoms with van der Waals surface area (Å²) in [5.74, 6) is -0.207. The van der Waals surface area contributed by atoms with Crippen LogP contribution in [0.5, 0.6) is 0 Å². The van der Waals surface area contributed by atoms with Gasteiger partial charge in [0.1, 0.15) is 5.82 Å². The Morgan fingerprint density at radius 1 is 1.35 bits per heavy atom. The number of hydrogen-bond donors (Lipinski definition) is 1. The molecule has 3 rings (SSSR count). The van der Waals surface area contributed by atoms with Crippen molar-refractivity contribution in [3.05, 3.63) is 34.6 Å². The molecule has 0 aromatic heterocycles. The van der Waals surface area contributed by atoms with Crippen LogP contribution in [0, 0.1) is 5.82 Å². The zero-order chi connectivity index (χ0) is 16.2. The second kappa shape index (κ2) is 7.90. The molecule has 1 aromatic rings. The van der Waals surface area contributed by atoms with E-state index in [2.05, 4.69) is 22.0 Å². The molecule has 2 unspecified atom stereocenters. The SMILES string of the molecule is CC1CNCCN1C(CN1CCOCC1)c1c(F)cccc1Cl. The highest BCUT2D eigenvalue weighted by molar-refractivity contribution is 6.31. The summed E-state index contributed by atoms with van der Waals surface area (Å²) >= 11 is 6.38. The molecule has 0 spiro atoms. The lowest BCUT2D eigenvalue weighted by Gasteiger charge is -2.43. The van der Waals surface area contributed by atoms with E-state index in [1.54, 1.807) is 12.1 Å². The van der Waals surface area contributed by atoms with Gasteiger partial charge in [0.2, 0.25) is 0 Å². The Bertz CT molecular complexity index is 504. The van der Waals surface area contributed by atoms with Gasteiger partial charge in [-0.25, -0.2) is 4.39 Å². The van der Waals surface area contributed by atoms with Crippen molar-refractivity contribution in [3.8, 4) is 0 Å². The average molecular weight is 342 g/mol. The van der Waals surface area contributed by atoms with Gasteiger partial charge in [-0.3, -0.25) is 9.80 Å². The maximum Gasteiger partial charge on any atom is 0.129 e. The quantitative estimate of drug-likeness (QED) is 0.908. The first-order chi connectivity index (χ1) is 11.2. The van der Waals surface area contributed by atoms with E-state index in [1.807, 2.05) is 0 Å². The van der Waals surface area contributed by atoms with Crippen molar-refractivity contribution in [1.82, 2.24) is 15.1 Å². The third kappa shape index (κ3) is 4.03. The van der Waals surface area contributed by atoms with E-state index in [9.17, 15) is 4.39 Å². The highest BCUT2D eigenvalue weighted by Gasteiger charge is 2.32. The summed E-state index contributed by atoms with van der Waals surface area (Å²) in [5, 5.41) is 3.92. The lowest BCUT2D eigenvalue weighted by molar-refractivity contribution is 0.0132. The summed E-state index contributed by atoms with van der Waals surface area (Å²) in [6.45, 7) is 9.00. The van der Waals surface area contributed by atoms with Crippen molar-refractivity contribution in [2.24, 2.45) is 0 Å². The number of piperazine rings is 1. The van der Waals surface area contributed by atoms with Crippen LogP contribution < -0.4 is 5.32 Å². The third-order valence-electron chi connectivity index (χ3n) is 4.82. The molecular weight excluding hydrogens is 317 g/mol. The molecule has 1 N–H and O–H groups in total. The van der Waals surface area contributed by atoms with E-state index in [-0.39, 0.29) is 11.9 Å². The summed E-state index contributed by atoms with van der Waals surface area (Å²) < 4.78 is 20.0. The van der Waals surface area contributed by atoms with Gasteiger partial charge in [-0.05, 0) is 19.1 Å². The largest absolute Gasteiger partial charge is 0.379 e. The monoisotopic (exact) mass is 341 g/mol. The molecule has 0 radical (unpaired) electrons. The van der Waals surface area contributed by atoms with Crippen molar-refractivity contribution in [1.29, 1.82) is 0 Å². The van der Waals surface area contributed by atoms with Gasteiger partial charge in [-0.2, -0.15) is 0 Å². The Morgan fingerprint density at radius 3 is 2.83 bits per heavy atom. The molecule has 2 fully saturated rings. The van der Waals surface area contributed by atoms with Crippen molar-refractivity contribution < 1.29 is 9.13 Å². The van der Waals surface area contributed by atoms with E-state index < -0.39 is 0 Å². The average Bonchev–Trinajstić information content (AvgIpc) is 2.55. The predicted octanol–water partition coefficient (Wildman–Crippen LogP) is 2.15. The third-order valence-corrected chi connectivity index (χ3v) is 5.15. The number of halogens is 2. The second-order valence-electron chi connectivity index (χ2n) is 6.36. The standard InChI is InChI=1S/C17H25ClFN3O/c1-13-11-20-5-6-22(13)16(12-21-7-9-23-10-8-21)17-14(18)3-2-4-15(17)19/h2-4,13,16,20H,5-12H2,1H3. The number of nitrogens with one attached hydrogen (secondary N) is 1. The Kier molecular flexibility index (Phi) is 5.88. The number of rotatable bonds is 4. The van der Waals surface area contributed by atoms with Gasteiger partial charge in [0.05, 0.1) is 19.3 Å². The maximum absolute atomic E-state index is 14.6. The van der Waals surface area contributed by atoms with Gasteiger partial charge < -0.3 is 10.1 Å². The smallest absolute Gasteiger partial charge is 0.129 e. The van der Waals surface area contributed by atoms with Crippen molar-refractivity contribution >= 4 is 11.6 Å². The second-order valence-corrected chi connectivity index (χ2v) is 6.76. The zero-order valence-corrected chi connectivity index (χ0v) is 14.4.